The lowest BCUT2D eigenvalue weighted by molar-refractivity contribution is -0.193. The summed E-state index contributed by atoms with van der Waals surface area (Å²) in [6, 6.07) is 10.4. The normalized spacial score (nSPS) is 19.2. The zero-order valence-electron chi connectivity index (χ0n) is 26.2. The third-order valence-electron chi connectivity index (χ3n) is 7.38. The smallest absolute Gasteiger partial charge is 0.475 e. The zero-order chi connectivity index (χ0) is 38.8. The number of hydrogen-bond donors (Lipinski definition) is 3. The first-order valence-electron chi connectivity index (χ1n) is 14.3. The van der Waals surface area contributed by atoms with E-state index in [9.17, 15) is 44.3 Å². The summed E-state index contributed by atoms with van der Waals surface area (Å²) in [5.41, 5.74) is 1.87. The van der Waals surface area contributed by atoms with E-state index in [-0.39, 0.29) is 17.2 Å². The van der Waals surface area contributed by atoms with Gasteiger partial charge in [0.25, 0.3) is 0 Å². The van der Waals surface area contributed by atoms with E-state index in [0.29, 0.717) is 6.54 Å². The largest absolute Gasteiger partial charge is 0.490 e. The van der Waals surface area contributed by atoms with Crippen LogP contribution in [0.2, 0.25) is 0 Å². The van der Waals surface area contributed by atoms with E-state index >= 15 is 0 Å². The van der Waals surface area contributed by atoms with E-state index in [1.165, 1.54) is 10.6 Å². The van der Waals surface area contributed by atoms with Gasteiger partial charge in [0, 0.05) is 74.9 Å². The van der Waals surface area contributed by atoms with Crippen molar-refractivity contribution in [3.05, 3.63) is 70.4 Å². The Bertz CT molecular complexity index is 1540. The lowest BCUT2D eigenvalue weighted by Crippen LogP contribution is -2.52. The maximum atomic E-state index is 14.0. The maximum absolute atomic E-state index is 14.0. The molecular formula is C29H30F9N5O7S. The number of halogens is 9. The maximum Gasteiger partial charge on any atom is 0.490 e. The second-order valence-corrected chi connectivity index (χ2v) is 12.0. The number of carbonyl (C=O) groups is 4. The fourth-order valence-corrected chi connectivity index (χ4v) is 6.04. The lowest BCUT2D eigenvalue weighted by Gasteiger charge is -2.42. The van der Waals surface area contributed by atoms with Crippen LogP contribution in [0.1, 0.15) is 34.9 Å². The molecule has 3 aromatic heterocycles. The minimum atomic E-state index is -5.08. The van der Waals surface area contributed by atoms with Gasteiger partial charge < -0.3 is 20.2 Å². The highest BCUT2D eigenvalue weighted by molar-refractivity contribution is 7.09. The summed E-state index contributed by atoms with van der Waals surface area (Å²) in [7, 11) is 1.99. The molecule has 0 aromatic carbocycles. The lowest BCUT2D eigenvalue weighted by atomic mass is 9.70. The number of carboxylic acid groups (broad SMARTS) is 3. The van der Waals surface area contributed by atoms with Gasteiger partial charge in [0.1, 0.15) is 0 Å². The number of thiophene rings is 1. The molecule has 2 aliphatic heterocycles. The molecule has 1 spiro atoms. The molecule has 0 bridgehead atoms. The van der Waals surface area contributed by atoms with E-state index in [1.807, 2.05) is 30.2 Å². The fourth-order valence-electron chi connectivity index (χ4n) is 5.29. The van der Waals surface area contributed by atoms with Gasteiger partial charge in [-0.3, -0.25) is 19.4 Å². The molecule has 22 heteroatoms. The van der Waals surface area contributed by atoms with Crippen LogP contribution >= 0.6 is 11.3 Å². The predicted octanol–water partition coefficient (Wildman–Crippen LogP) is 5.18. The molecule has 282 valence electrons. The molecule has 1 amide bonds. The van der Waals surface area contributed by atoms with Crippen molar-refractivity contribution in [1.82, 2.24) is 24.6 Å². The molecule has 0 unspecified atom stereocenters. The molecule has 0 radical (unpaired) electrons. The molecule has 2 saturated heterocycles. The summed E-state index contributed by atoms with van der Waals surface area (Å²) < 4.78 is 97.2. The molecule has 51 heavy (non-hydrogen) atoms. The molecule has 3 aromatic rings. The van der Waals surface area contributed by atoms with Gasteiger partial charge in [0.15, 0.2) is 0 Å². The first kappa shape index (κ1) is 42.4. The van der Waals surface area contributed by atoms with Gasteiger partial charge in [0.2, 0.25) is 5.91 Å². The monoisotopic (exact) mass is 763 g/mol. The van der Waals surface area contributed by atoms with Gasteiger partial charge in [-0.1, -0.05) is 12.1 Å². The third-order valence-corrected chi connectivity index (χ3v) is 8.24. The Hall–Kier alpha value is -4.73. The van der Waals surface area contributed by atoms with Crippen molar-refractivity contribution in [1.29, 1.82) is 0 Å². The van der Waals surface area contributed by atoms with Gasteiger partial charge in [-0.05, 0) is 42.0 Å². The van der Waals surface area contributed by atoms with E-state index in [2.05, 4.69) is 49.5 Å². The minimum Gasteiger partial charge on any atom is -0.475 e. The van der Waals surface area contributed by atoms with Crippen LogP contribution in [0.4, 0.5) is 39.5 Å². The Morgan fingerprint density at radius 1 is 0.882 bits per heavy atom. The molecule has 0 aliphatic carbocycles. The van der Waals surface area contributed by atoms with Crippen molar-refractivity contribution < 1.29 is 74.0 Å². The Morgan fingerprint density at radius 3 is 1.88 bits per heavy atom. The van der Waals surface area contributed by atoms with Crippen molar-refractivity contribution in [2.75, 3.05) is 19.6 Å². The number of aliphatic carboxylic acids is 3. The van der Waals surface area contributed by atoms with Gasteiger partial charge in [-0.25, -0.2) is 14.4 Å². The first-order chi connectivity index (χ1) is 23.5. The molecule has 5 rings (SSSR count). The Morgan fingerprint density at radius 2 is 1.45 bits per heavy atom. The van der Waals surface area contributed by atoms with Gasteiger partial charge >= 0.3 is 36.4 Å². The predicted molar refractivity (Wildman–Crippen MR) is 158 cm³/mol. The Kier molecular flexibility index (Phi) is 14.5. The van der Waals surface area contributed by atoms with Gasteiger partial charge in [0.05, 0.1) is 5.41 Å². The summed E-state index contributed by atoms with van der Waals surface area (Å²) in [6.07, 6.45) is -7.78. The number of alkyl halides is 9. The van der Waals surface area contributed by atoms with Crippen LogP contribution in [-0.4, -0.2) is 102 Å². The van der Waals surface area contributed by atoms with E-state index in [1.54, 1.807) is 17.5 Å². The average Bonchev–Trinajstić information content (AvgIpc) is 3.77. The summed E-state index contributed by atoms with van der Waals surface area (Å²) in [6.45, 7) is 4.06. The summed E-state index contributed by atoms with van der Waals surface area (Å²) >= 11 is 1.79. The van der Waals surface area contributed by atoms with Crippen LogP contribution in [0.3, 0.4) is 0 Å². The molecule has 12 nitrogen and oxygen atoms in total. The molecule has 2 fully saturated rings. The summed E-state index contributed by atoms with van der Waals surface area (Å²) in [5, 5.41) is 27.9. The molecule has 5 heterocycles. The number of nitrogens with zero attached hydrogens (tertiary/aromatic N) is 5. The number of pyridine rings is 1. The number of likely N-dealkylation sites (tertiary alicyclic amines) is 2. The van der Waals surface area contributed by atoms with Crippen molar-refractivity contribution in [3.63, 3.8) is 0 Å². The number of amides is 1. The van der Waals surface area contributed by atoms with E-state index in [0.717, 1.165) is 44.6 Å². The van der Waals surface area contributed by atoms with Crippen LogP contribution in [0.5, 0.6) is 0 Å². The number of rotatable bonds is 5. The van der Waals surface area contributed by atoms with Crippen molar-refractivity contribution in [2.24, 2.45) is 12.5 Å². The second-order valence-electron chi connectivity index (χ2n) is 10.9. The molecule has 2 aliphatic rings. The van der Waals surface area contributed by atoms with Crippen molar-refractivity contribution >= 4 is 35.2 Å². The molecule has 3 N–H and O–H groups in total. The molecule has 2 atom stereocenters. The minimum absolute atomic E-state index is 0.161. The van der Waals surface area contributed by atoms with E-state index in [4.69, 9.17) is 29.7 Å². The highest BCUT2D eigenvalue weighted by Crippen LogP contribution is 2.50. The number of piperidine rings is 1. The van der Waals surface area contributed by atoms with Crippen molar-refractivity contribution in [2.45, 2.75) is 50.4 Å². The number of aromatic nitrogens is 3. The zero-order valence-corrected chi connectivity index (χ0v) is 27.1. The number of aryl methyl sites for hydroxylation is 1. The first-order valence-corrected chi connectivity index (χ1v) is 15.2. The van der Waals surface area contributed by atoms with Crippen LogP contribution in [0.15, 0.2) is 54.3 Å². The summed E-state index contributed by atoms with van der Waals surface area (Å²) in [4.78, 5) is 50.8. The molecule has 0 saturated carbocycles. The van der Waals surface area contributed by atoms with Gasteiger partial charge in [-0.15, -0.1) is 11.3 Å². The standard InChI is InChI=1S/C23H27N5OS.3C2HF3O2/c1-26-21(7-10-25-26)20-16-27(15-19-6-3-12-30-19)17-23(20)8-4-11-28(22(23)29)14-18-5-2-9-24-13-18;3*3-2(4,5)1(6)7/h2-3,5-7,9-10,12-13,20H,4,8,11,14-17H2,1H3;3*(H,6,7)/t20-,23+;;;/m0.../s1. The molecular weight excluding hydrogens is 733 g/mol. The highest BCUT2D eigenvalue weighted by atomic mass is 32.1. The van der Waals surface area contributed by atoms with Crippen LogP contribution in [-0.2, 0) is 39.3 Å². The van der Waals surface area contributed by atoms with E-state index < -0.39 is 36.4 Å². The number of carboxylic acids is 3. The van der Waals surface area contributed by atoms with Crippen LogP contribution in [0, 0.1) is 5.41 Å². The van der Waals surface area contributed by atoms with Crippen LogP contribution in [0.25, 0.3) is 0 Å². The SMILES string of the molecule is Cn1nccc1[C@@H]1CN(Cc2cccs2)C[C@]12CCCN(Cc1cccnc1)C2=O.O=C(O)C(F)(F)F.O=C(O)C(F)(F)F.O=C(O)C(F)(F)F. The van der Waals surface area contributed by atoms with Crippen molar-refractivity contribution in [3.8, 4) is 0 Å². The quantitative estimate of drug-likeness (QED) is 0.295. The number of carbonyl (C=O) groups excluding carboxylic acids is 1. The topological polar surface area (TPSA) is 166 Å². The fraction of sp³-hybridized carbons (Fsp3) is 0.448. The number of hydrogen-bond acceptors (Lipinski definition) is 8. The second kappa shape index (κ2) is 17.5. The Labute approximate surface area is 286 Å². The average molecular weight is 764 g/mol. The highest BCUT2D eigenvalue weighted by Gasteiger charge is 2.56. The third kappa shape index (κ3) is 12.5. The Balaban J connectivity index is 0.000000352. The van der Waals surface area contributed by atoms with Crippen LogP contribution < -0.4 is 0 Å². The van der Waals surface area contributed by atoms with Gasteiger partial charge in [-0.2, -0.15) is 44.6 Å². The summed E-state index contributed by atoms with van der Waals surface area (Å²) in [5.74, 6) is -7.82.